The quantitative estimate of drug-likeness (QED) is 0.807. The van der Waals surface area contributed by atoms with E-state index in [0.717, 1.165) is 31.9 Å². The molecule has 1 aliphatic rings. The molecule has 0 saturated carbocycles. The second kappa shape index (κ2) is 3.94. The molecule has 1 saturated heterocycles. The predicted molar refractivity (Wildman–Crippen MR) is 58.6 cm³/mol. The maximum atomic E-state index is 5.40. The summed E-state index contributed by atoms with van der Waals surface area (Å²) in [5, 5.41) is 7.87. The van der Waals surface area contributed by atoms with Crippen molar-refractivity contribution in [2.45, 2.75) is 32.4 Å². The summed E-state index contributed by atoms with van der Waals surface area (Å²) in [6.07, 6.45) is 1.09. The molecule has 0 radical (unpaired) electrons. The monoisotopic (exact) mass is 209 g/mol. The van der Waals surface area contributed by atoms with Crippen LogP contribution in [-0.2, 0) is 18.3 Å². The van der Waals surface area contributed by atoms with Gasteiger partial charge in [0.1, 0.15) is 0 Å². The largest absolute Gasteiger partial charge is 0.379 e. The average molecular weight is 209 g/mol. The first-order valence-electron chi connectivity index (χ1n) is 5.41. The molecule has 0 bridgehead atoms. The Morgan fingerprint density at radius 3 is 3.00 bits per heavy atom. The molecule has 2 heterocycles. The number of hydrogen-bond donors (Lipinski definition) is 1. The van der Waals surface area contributed by atoms with Crippen LogP contribution in [-0.4, -0.2) is 28.5 Å². The fraction of sp³-hybridized carbons (Fsp3) is 0.727. The van der Waals surface area contributed by atoms with Crippen LogP contribution < -0.4 is 5.32 Å². The Labute approximate surface area is 90.6 Å². The number of nitrogens with zero attached hydrogens (tertiary/aromatic N) is 2. The van der Waals surface area contributed by atoms with Crippen LogP contribution in [0.15, 0.2) is 6.07 Å². The SMILES string of the molecule is Cc1cc(CNC2(C)CCOC2)n(C)n1. The molecule has 1 aromatic heterocycles. The van der Waals surface area contributed by atoms with Crippen molar-refractivity contribution in [1.29, 1.82) is 0 Å². The molecule has 1 fully saturated rings. The molecule has 1 aromatic rings. The molecule has 2 rings (SSSR count). The summed E-state index contributed by atoms with van der Waals surface area (Å²) in [5.74, 6) is 0. The van der Waals surface area contributed by atoms with Crippen LogP contribution in [0.4, 0.5) is 0 Å². The van der Waals surface area contributed by atoms with E-state index in [2.05, 4.69) is 23.4 Å². The number of nitrogens with one attached hydrogen (secondary N) is 1. The summed E-state index contributed by atoms with van der Waals surface area (Å²) >= 11 is 0. The van der Waals surface area contributed by atoms with E-state index in [0.29, 0.717) is 0 Å². The van der Waals surface area contributed by atoms with Gasteiger partial charge in [0.25, 0.3) is 0 Å². The normalized spacial score (nSPS) is 26.1. The molecule has 1 aliphatic heterocycles. The minimum Gasteiger partial charge on any atom is -0.379 e. The number of aryl methyl sites for hydroxylation is 2. The van der Waals surface area contributed by atoms with Crippen molar-refractivity contribution in [2.24, 2.45) is 7.05 Å². The van der Waals surface area contributed by atoms with Crippen molar-refractivity contribution in [1.82, 2.24) is 15.1 Å². The molecule has 0 amide bonds. The van der Waals surface area contributed by atoms with Gasteiger partial charge in [0.15, 0.2) is 0 Å². The highest BCUT2D eigenvalue weighted by Gasteiger charge is 2.28. The third-order valence-corrected chi connectivity index (χ3v) is 3.01. The van der Waals surface area contributed by atoms with E-state index in [4.69, 9.17) is 4.74 Å². The summed E-state index contributed by atoms with van der Waals surface area (Å²) in [6.45, 7) is 6.77. The fourth-order valence-corrected chi connectivity index (χ4v) is 1.94. The number of ether oxygens (including phenoxy) is 1. The van der Waals surface area contributed by atoms with Crippen molar-refractivity contribution in [3.05, 3.63) is 17.5 Å². The smallest absolute Gasteiger partial charge is 0.0646 e. The second-order valence-corrected chi connectivity index (χ2v) is 4.62. The first kappa shape index (κ1) is 10.6. The molecule has 15 heavy (non-hydrogen) atoms. The van der Waals surface area contributed by atoms with Crippen molar-refractivity contribution < 1.29 is 4.74 Å². The van der Waals surface area contributed by atoms with Crippen molar-refractivity contribution in [3.63, 3.8) is 0 Å². The third kappa shape index (κ3) is 2.38. The van der Waals surface area contributed by atoms with Gasteiger partial charge in [-0.15, -0.1) is 0 Å². The van der Waals surface area contributed by atoms with E-state index < -0.39 is 0 Å². The zero-order valence-electron chi connectivity index (χ0n) is 9.71. The average Bonchev–Trinajstić information content (AvgIpc) is 2.71. The first-order chi connectivity index (χ1) is 7.09. The Morgan fingerprint density at radius 2 is 2.47 bits per heavy atom. The molecule has 4 heteroatoms. The second-order valence-electron chi connectivity index (χ2n) is 4.62. The van der Waals surface area contributed by atoms with E-state index in [-0.39, 0.29) is 5.54 Å². The molecule has 84 valence electrons. The standard InChI is InChI=1S/C11H19N3O/c1-9-6-10(14(3)13-9)7-12-11(2)4-5-15-8-11/h6,12H,4-5,7-8H2,1-3H3. The summed E-state index contributed by atoms with van der Waals surface area (Å²) in [4.78, 5) is 0. The van der Waals surface area contributed by atoms with Crippen molar-refractivity contribution >= 4 is 0 Å². The lowest BCUT2D eigenvalue weighted by Gasteiger charge is -2.23. The maximum Gasteiger partial charge on any atom is 0.0646 e. The van der Waals surface area contributed by atoms with E-state index in [1.807, 2.05) is 18.7 Å². The van der Waals surface area contributed by atoms with E-state index in [1.54, 1.807) is 0 Å². The van der Waals surface area contributed by atoms with Gasteiger partial charge in [-0.3, -0.25) is 4.68 Å². The molecular formula is C11H19N3O. The maximum absolute atomic E-state index is 5.40. The zero-order valence-corrected chi connectivity index (χ0v) is 9.71. The van der Waals surface area contributed by atoms with Crippen LogP contribution in [0.5, 0.6) is 0 Å². The Hall–Kier alpha value is -0.870. The van der Waals surface area contributed by atoms with Gasteiger partial charge >= 0.3 is 0 Å². The third-order valence-electron chi connectivity index (χ3n) is 3.01. The van der Waals surface area contributed by atoms with Crippen LogP contribution in [0, 0.1) is 6.92 Å². The predicted octanol–water partition coefficient (Wildman–Crippen LogP) is 0.997. The summed E-state index contributed by atoms with van der Waals surface area (Å²) in [6, 6.07) is 2.12. The molecule has 0 aromatic carbocycles. The van der Waals surface area contributed by atoms with Gasteiger partial charge in [-0.2, -0.15) is 5.10 Å². The first-order valence-corrected chi connectivity index (χ1v) is 5.41. The van der Waals surface area contributed by atoms with E-state index in [9.17, 15) is 0 Å². The van der Waals surface area contributed by atoms with Gasteiger partial charge in [0.2, 0.25) is 0 Å². The fourth-order valence-electron chi connectivity index (χ4n) is 1.94. The lowest BCUT2D eigenvalue weighted by atomic mass is 10.0. The highest BCUT2D eigenvalue weighted by atomic mass is 16.5. The van der Waals surface area contributed by atoms with Crippen LogP contribution in [0.3, 0.4) is 0 Å². The minimum atomic E-state index is 0.137. The summed E-state index contributed by atoms with van der Waals surface area (Å²) < 4.78 is 7.33. The van der Waals surface area contributed by atoms with Crippen molar-refractivity contribution in [2.75, 3.05) is 13.2 Å². The van der Waals surface area contributed by atoms with Gasteiger partial charge in [-0.1, -0.05) is 0 Å². The Kier molecular flexibility index (Phi) is 2.80. The number of aromatic nitrogens is 2. The minimum absolute atomic E-state index is 0.137. The molecule has 4 nitrogen and oxygen atoms in total. The van der Waals surface area contributed by atoms with Crippen LogP contribution in [0.25, 0.3) is 0 Å². The Morgan fingerprint density at radius 1 is 1.67 bits per heavy atom. The van der Waals surface area contributed by atoms with Gasteiger partial charge in [-0.25, -0.2) is 0 Å². The van der Waals surface area contributed by atoms with Gasteiger partial charge in [0, 0.05) is 25.7 Å². The summed E-state index contributed by atoms with van der Waals surface area (Å²) in [5.41, 5.74) is 2.43. The molecule has 1 unspecified atom stereocenters. The molecule has 1 N–H and O–H groups in total. The molecule has 0 aliphatic carbocycles. The molecule has 0 spiro atoms. The van der Waals surface area contributed by atoms with E-state index >= 15 is 0 Å². The van der Waals surface area contributed by atoms with Gasteiger partial charge < -0.3 is 10.1 Å². The Bertz CT molecular complexity index is 340. The summed E-state index contributed by atoms with van der Waals surface area (Å²) in [7, 11) is 1.98. The molecule has 1 atom stereocenters. The van der Waals surface area contributed by atoms with Crippen LogP contribution >= 0.6 is 0 Å². The van der Waals surface area contributed by atoms with Gasteiger partial charge in [-0.05, 0) is 26.3 Å². The van der Waals surface area contributed by atoms with E-state index in [1.165, 1.54) is 5.69 Å². The lowest BCUT2D eigenvalue weighted by Crippen LogP contribution is -2.42. The zero-order chi connectivity index (χ0) is 10.9. The molecular weight excluding hydrogens is 190 g/mol. The highest BCUT2D eigenvalue weighted by Crippen LogP contribution is 2.18. The Balaban J connectivity index is 1.95. The topological polar surface area (TPSA) is 39.1 Å². The van der Waals surface area contributed by atoms with Crippen LogP contribution in [0.2, 0.25) is 0 Å². The van der Waals surface area contributed by atoms with Crippen LogP contribution in [0.1, 0.15) is 24.7 Å². The van der Waals surface area contributed by atoms with Crippen molar-refractivity contribution in [3.8, 4) is 0 Å². The van der Waals surface area contributed by atoms with Gasteiger partial charge in [0.05, 0.1) is 18.0 Å². The lowest BCUT2D eigenvalue weighted by molar-refractivity contribution is 0.171. The number of hydrogen-bond acceptors (Lipinski definition) is 3. The highest BCUT2D eigenvalue weighted by molar-refractivity contribution is 5.09. The number of rotatable bonds is 3.